The van der Waals surface area contributed by atoms with Crippen LogP contribution < -0.4 is 5.32 Å². The van der Waals surface area contributed by atoms with E-state index in [2.05, 4.69) is 23.3 Å². The quantitative estimate of drug-likeness (QED) is 0.849. The summed E-state index contributed by atoms with van der Waals surface area (Å²) in [7, 11) is 1.64. The Hall–Kier alpha value is -2.40. The maximum atomic E-state index is 12.7. The van der Waals surface area contributed by atoms with Crippen molar-refractivity contribution in [2.75, 3.05) is 20.3 Å². The maximum absolute atomic E-state index is 12.7. The van der Waals surface area contributed by atoms with Gasteiger partial charge in [0, 0.05) is 32.6 Å². The number of amides is 2. The van der Waals surface area contributed by atoms with Crippen molar-refractivity contribution < 1.29 is 9.53 Å². The van der Waals surface area contributed by atoms with Gasteiger partial charge in [0.25, 0.3) is 0 Å². The van der Waals surface area contributed by atoms with E-state index in [4.69, 9.17) is 4.74 Å². The standard InChI is InChI=1S/C19H25N3O2/c1-15-7-4-5-9-18(15)16(2)21-19(23)22(11-12-24-3)14-17-8-6-10-20-13-17/h4-10,13,16H,11-12,14H2,1-3H3,(H,21,23)/t16-/m1/s1. The molecule has 0 unspecified atom stereocenters. The van der Waals surface area contributed by atoms with Crippen LogP contribution >= 0.6 is 0 Å². The Kier molecular flexibility index (Phi) is 6.75. The highest BCUT2D eigenvalue weighted by Crippen LogP contribution is 2.17. The average molecular weight is 327 g/mol. The molecule has 1 atom stereocenters. The second-order valence-corrected chi connectivity index (χ2v) is 5.80. The van der Waals surface area contributed by atoms with E-state index in [1.807, 2.05) is 37.3 Å². The number of pyridine rings is 1. The van der Waals surface area contributed by atoms with Crippen molar-refractivity contribution in [1.29, 1.82) is 0 Å². The van der Waals surface area contributed by atoms with Crippen molar-refractivity contribution in [3.05, 3.63) is 65.5 Å². The van der Waals surface area contributed by atoms with E-state index in [1.165, 1.54) is 5.56 Å². The molecule has 2 aromatic rings. The van der Waals surface area contributed by atoms with E-state index >= 15 is 0 Å². The Bertz CT molecular complexity index is 646. The monoisotopic (exact) mass is 327 g/mol. The van der Waals surface area contributed by atoms with Crippen LogP contribution in [0.4, 0.5) is 4.79 Å². The van der Waals surface area contributed by atoms with Crippen molar-refractivity contribution >= 4 is 6.03 Å². The topological polar surface area (TPSA) is 54.5 Å². The number of nitrogens with one attached hydrogen (secondary N) is 1. The molecule has 24 heavy (non-hydrogen) atoms. The van der Waals surface area contributed by atoms with Crippen molar-refractivity contribution in [2.24, 2.45) is 0 Å². The predicted molar refractivity (Wildman–Crippen MR) is 94.6 cm³/mol. The first-order chi connectivity index (χ1) is 11.6. The molecule has 0 saturated heterocycles. The number of carbonyl (C=O) groups excluding carboxylic acids is 1. The third-order valence-corrected chi connectivity index (χ3v) is 3.94. The van der Waals surface area contributed by atoms with E-state index in [0.29, 0.717) is 19.7 Å². The minimum absolute atomic E-state index is 0.0577. The molecular formula is C19H25N3O2. The summed E-state index contributed by atoms with van der Waals surface area (Å²) < 4.78 is 5.13. The van der Waals surface area contributed by atoms with Crippen LogP contribution in [-0.2, 0) is 11.3 Å². The van der Waals surface area contributed by atoms with Gasteiger partial charge < -0.3 is 15.0 Å². The highest BCUT2D eigenvalue weighted by molar-refractivity contribution is 5.74. The third-order valence-electron chi connectivity index (χ3n) is 3.94. The van der Waals surface area contributed by atoms with Crippen molar-refractivity contribution in [2.45, 2.75) is 26.4 Å². The summed E-state index contributed by atoms with van der Waals surface area (Å²) in [6, 6.07) is 11.8. The first kappa shape index (κ1) is 17.9. The van der Waals surface area contributed by atoms with Crippen molar-refractivity contribution in [3.8, 4) is 0 Å². The molecule has 128 valence electrons. The third kappa shape index (κ3) is 5.06. The van der Waals surface area contributed by atoms with Crippen LogP contribution in [0.15, 0.2) is 48.8 Å². The molecule has 2 amide bonds. The summed E-state index contributed by atoms with van der Waals surface area (Å²) in [5.41, 5.74) is 3.28. The van der Waals surface area contributed by atoms with Gasteiger partial charge in [0.05, 0.1) is 12.6 Å². The molecule has 0 bridgehead atoms. The number of methoxy groups -OCH3 is 1. The molecule has 0 aliphatic carbocycles. The Balaban J connectivity index is 2.05. The van der Waals surface area contributed by atoms with Gasteiger partial charge in [-0.25, -0.2) is 4.79 Å². The summed E-state index contributed by atoms with van der Waals surface area (Å²) >= 11 is 0. The predicted octanol–water partition coefficient (Wildman–Crippen LogP) is 3.31. The lowest BCUT2D eigenvalue weighted by atomic mass is 10.0. The van der Waals surface area contributed by atoms with Crippen LogP contribution in [0.5, 0.6) is 0 Å². The summed E-state index contributed by atoms with van der Waals surface area (Å²) in [6.45, 7) is 5.57. The minimum atomic E-state index is -0.105. The van der Waals surface area contributed by atoms with Crippen molar-refractivity contribution in [3.63, 3.8) is 0 Å². The van der Waals surface area contributed by atoms with Crippen LogP contribution in [-0.4, -0.2) is 36.2 Å². The highest BCUT2D eigenvalue weighted by Gasteiger charge is 2.17. The van der Waals surface area contributed by atoms with E-state index in [0.717, 1.165) is 11.1 Å². The molecule has 1 heterocycles. The number of hydrogen-bond donors (Lipinski definition) is 1. The molecule has 0 radical (unpaired) electrons. The zero-order chi connectivity index (χ0) is 17.4. The molecular weight excluding hydrogens is 302 g/mol. The van der Waals surface area contributed by atoms with E-state index < -0.39 is 0 Å². The van der Waals surface area contributed by atoms with Gasteiger partial charge >= 0.3 is 6.03 Å². The van der Waals surface area contributed by atoms with Gasteiger partial charge in [0.15, 0.2) is 0 Å². The molecule has 2 rings (SSSR count). The highest BCUT2D eigenvalue weighted by atomic mass is 16.5. The minimum Gasteiger partial charge on any atom is -0.383 e. The first-order valence-electron chi connectivity index (χ1n) is 8.10. The number of nitrogens with zero attached hydrogens (tertiary/aromatic N) is 2. The van der Waals surface area contributed by atoms with Crippen LogP contribution in [0.2, 0.25) is 0 Å². The summed E-state index contributed by atoms with van der Waals surface area (Å²) in [4.78, 5) is 18.5. The second-order valence-electron chi connectivity index (χ2n) is 5.80. The Morgan fingerprint density at radius 3 is 2.75 bits per heavy atom. The fraction of sp³-hybridized carbons (Fsp3) is 0.368. The van der Waals surface area contributed by atoms with E-state index in [9.17, 15) is 4.79 Å². The number of hydrogen-bond acceptors (Lipinski definition) is 3. The second kappa shape index (κ2) is 9.03. The number of ether oxygens (including phenoxy) is 1. The van der Waals surface area contributed by atoms with Crippen LogP contribution in [0.25, 0.3) is 0 Å². The van der Waals surface area contributed by atoms with Gasteiger partial charge in [-0.15, -0.1) is 0 Å². The van der Waals surface area contributed by atoms with Gasteiger partial charge in [0.1, 0.15) is 0 Å². The molecule has 0 aliphatic heterocycles. The number of carbonyl (C=O) groups is 1. The molecule has 1 N–H and O–H groups in total. The molecule has 0 spiro atoms. The smallest absolute Gasteiger partial charge is 0.318 e. The van der Waals surface area contributed by atoms with Gasteiger partial charge in [-0.1, -0.05) is 30.3 Å². The maximum Gasteiger partial charge on any atom is 0.318 e. The van der Waals surface area contributed by atoms with Crippen LogP contribution in [0, 0.1) is 6.92 Å². The number of aryl methyl sites for hydroxylation is 1. The lowest BCUT2D eigenvalue weighted by molar-refractivity contribution is 0.145. The Labute approximate surface area is 143 Å². The average Bonchev–Trinajstić information content (AvgIpc) is 2.59. The number of aromatic nitrogens is 1. The van der Waals surface area contributed by atoms with Gasteiger partial charge in [-0.2, -0.15) is 0 Å². The summed E-state index contributed by atoms with van der Waals surface area (Å²) in [5.74, 6) is 0. The number of urea groups is 1. The molecule has 0 aliphatic rings. The Morgan fingerprint density at radius 2 is 2.08 bits per heavy atom. The largest absolute Gasteiger partial charge is 0.383 e. The SMILES string of the molecule is COCCN(Cc1cccnc1)C(=O)N[C@H](C)c1ccccc1C. The van der Waals surface area contributed by atoms with E-state index in [-0.39, 0.29) is 12.1 Å². The molecule has 5 heteroatoms. The molecule has 0 saturated carbocycles. The van der Waals surface area contributed by atoms with Crippen LogP contribution in [0.1, 0.15) is 29.7 Å². The fourth-order valence-corrected chi connectivity index (χ4v) is 2.59. The van der Waals surface area contributed by atoms with E-state index in [1.54, 1.807) is 24.4 Å². The summed E-state index contributed by atoms with van der Waals surface area (Å²) in [6.07, 6.45) is 3.50. The number of rotatable bonds is 7. The first-order valence-corrected chi connectivity index (χ1v) is 8.10. The fourth-order valence-electron chi connectivity index (χ4n) is 2.59. The molecule has 1 aromatic heterocycles. The summed E-state index contributed by atoms with van der Waals surface area (Å²) in [5, 5.41) is 3.08. The Morgan fingerprint density at radius 1 is 1.29 bits per heavy atom. The van der Waals surface area contributed by atoms with Crippen LogP contribution in [0.3, 0.4) is 0 Å². The lowest BCUT2D eigenvalue weighted by Crippen LogP contribution is -2.42. The number of benzene rings is 1. The molecule has 1 aromatic carbocycles. The van der Waals surface area contributed by atoms with Gasteiger partial charge in [0.2, 0.25) is 0 Å². The molecule has 0 fully saturated rings. The lowest BCUT2D eigenvalue weighted by Gasteiger charge is -2.25. The normalized spacial score (nSPS) is 11.8. The van der Waals surface area contributed by atoms with Crippen molar-refractivity contribution in [1.82, 2.24) is 15.2 Å². The molecule has 5 nitrogen and oxygen atoms in total. The zero-order valence-electron chi connectivity index (χ0n) is 14.5. The van der Waals surface area contributed by atoms with Gasteiger partial charge in [-0.3, -0.25) is 4.98 Å². The van der Waals surface area contributed by atoms with Gasteiger partial charge in [-0.05, 0) is 36.6 Å². The zero-order valence-corrected chi connectivity index (χ0v) is 14.5.